The number of hydrogen-bond acceptors (Lipinski definition) is 3. The third-order valence-electron chi connectivity index (χ3n) is 3.07. The van der Waals surface area contributed by atoms with Crippen molar-refractivity contribution in [1.29, 1.82) is 0 Å². The summed E-state index contributed by atoms with van der Waals surface area (Å²) >= 11 is 0. The highest BCUT2D eigenvalue weighted by Crippen LogP contribution is 2.32. The number of alkyl halides is 3. The summed E-state index contributed by atoms with van der Waals surface area (Å²) in [5, 5.41) is 2.61. The molecule has 1 fully saturated rings. The molecule has 2 amide bonds. The van der Waals surface area contributed by atoms with Crippen LogP contribution in [0.2, 0.25) is 0 Å². The summed E-state index contributed by atoms with van der Waals surface area (Å²) in [5.41, 5.74) is 4.51. The molecule has 1 aromatic carbocycles. The van der Waals surface area contributed by atoms with Gasteiger partial charge in [0.25, 0.3) is 0 Å². The average Bonchev–Trinajstić information content (AvgIpc) is 2.80. The summed E-state index contributed by atoms with van der Waals surface area (Å²) in [6.45, 7) is 1.32. The molecule has 0 saturated carbocycles. The molecule has 1 heterocycles. The van der Waals surface area contributed by atoms with E-state index in [1.807, 2.05) is 0 Å². The van der Waals surface area contributed by atoms with Crippen LogP contribution in [0, 0.1) is 0 Å². The quantitative estimate of drug-likeness (QED) is 0.824. The van der Waals surface area contributed by atoms with Crippen molar-refractivity contribution in [1.82, 2.24) is 10.2 Å². The summed E-state index contributed by atoms with van der Waals surface area (Å²) in [6, 6.07) is 2.52. The molecule has 0 aliphatic carbocycles. The van der Waals surface area contributed by atoms with Crippen molar-refractivity contribution in [3.05, 3.63) is 23.8 Å². The lowest BCUT2D eigenvalue weighted by Gasteiger charge is -2.14. The van der Waals surface area contributed by atoms with Gasteiger partial charge >= 0.3 is 12.2 Å². The molecular formula is C12H14F3N3O2S. The minimum absolute atomic E-state index is 0.128. The van der Waals surface area contributed by atoms with E-state index < -0.39 is 22.5 Å². The van der Waals surface area contributed by atoms with Gasteiger partial charge in [0.2, 0.25) is 0 Å². The van der Waals surface area contributed by atoms with Gasteiger partial charge in [0.1, 0.15) is 0 Å². The Morgan fingerprint density at radius 3 is 2.62 bits per heavy atom. The Morgan fingerprint density at radius 1 is 1.38 bits per heavy atom. The van der Waals surface area contributed by atoms with Crippen LogP contribution in [0.3, 0.4) is 0 Å². The lowest BCUT2D eigenvalue weighted by atomic mass is 10.2. The monoisotopic (exact) mass is 321 g/mol. The second-order valence-corrected chi connectivity index (χ2v) is 6.06. The molecule has 0 radical (unpaired) electrons. The number of nitrogens with zero attached hydrogens (tertiary/aromatic N) is 1. The maximum absolute atomic E-state index is 12.5. The van der Waals surface area contributed by atoms with E-state index in [-0.39, 0.29) is 28.9 Å². The highest BCUT2D eigenvalue weighted by molar-refractivity contribution is 7.85. The molecule has 1 aliphatic rings. The molecule has 2 rings (SSSR count). The molecule has 1 saturated heterocycles. The van der Waals surface area contributed by atoms with E-state index in [4.69, 9.17) is 5.73 Å². The van der Waals surface area contributed by atoms with Crippen molar-refractivity contribution < 1.29 is 22.2 Å². The number of urea groups is 1. The fourth-order valence-corrected chi connectivity index (χ4v) is 3.11. The van der Waals surface area contributed by atoms with Gasteiger partial charge in [-0.25, -0.2) is 4.79 Å². The zero-order chi connectivity index (χ0) is 15.6. The Kier molecular flexibility index (Phi) is 4.40. The van der Waals surface area contributed by atoms with Crippen LogP contribution in [0.15, 0.2) is 23.1 Å². The lowest BCUT2D eigenvalue weighted by Crippen LogP contribution is -2.31. The second-order valence-electron chi connectivity index (χ2n) is 4.52. The number of carbonyl (C=O) groups is 1. The third kappa shape index (κ3) is 3.66. The van der Waals surface area contributed by atoms with Crippen molar-refractivity contribution in [2.24, 2.45) is 0 Å². The van der Waals surface area contributed by atoms with Crippen LogP contribution in [0.1, 0.15) is 5.56 Å². The first kappa shape index (κ1) is 15.6. The predicted octanol–water partition coefficient (Wildman–Crippen LogP) is 1.42. The fraction of sp³-hybridized carbons (Fsp3) is 0.417. The summed E-state index contributed by atoms with van der Waals surface area (Å²) < 4.78 is 49.6. The number of benzene rings is 1. The van der Waals surface area contributed by atoms with Crippen LogP contribution in [-0.2, 0) is 17.0 Å². The fourth-order valence-electron chi connectivity index (χ4n) is 1.96. The number of nitrogens with two attached hydrogens (primary N) is 1. The van der Waals surface area contributed by atoms with Crippen molar-refractivity contribution in [3.8, 4) is 0 Å². The zero-order valence-corrected chi connectivity index (χ0v) is 11.8. The number of rotatable bonds is 4. The molecule has 1 unspecified atom stereocenters. The Balaban J connectivity index is 2.04. The van der Waals surface area contributed by atoms with Crippen molar-refractivity contribution in [3.63, 3.8) is 0 Å². The molecule has 3 N–H and O–H groups in total. The number of anilines is 1. The number of nitrogens with one attached hydrogen (secondary N) is 1. The first-order valence-electron chi connectivity index (χ1n) is 6.17. The molecular weight excluding hydrogens is 307 g/mol. The predicted molar refractivity (Wildman–Crippen MR) is 72.1 cm³/mol. The zero-order valence-electron chi connectivity index (χ0n) is 10.9. The Morgan fingerprint density at radius 2 is 2.10 bits per heavy atom. The molecule has 5 nitrogen and oxygen atoms in total. The Labute approximate surface area is 121 Å². The minimum atomic E-state index is -4.48. The highest BCUT2D eigenvalue weighted by atomic mass is 32.2. The molecule has 0 spiro atoms. The number of amides is 2. The molecule has 21 heavy (non-hydrogen) atoms. The number of hydrogen-bond donors (Lipinski definition) is 2. The van der Waals surface area contributed by atoms with Gasteiger partial charge in [-0.15, -0.1) is 0 Å². The van der Waals surface area contributed by atoms with Gasteiger partial charge < -0.3 is 16.0 Å². The SMILES string of the molecule is Nc1cc(C(F)(F)F)ccc1S(=O)CCN1CCNC1=O. The first-order valence-corrected chi connectivity index (χ1v) is 7.49. The largest absolute Gasteiger partial charge is 0.416 e. The summed E-state index contributed by atoms with van der Waals surface area (Å²) in [6.07, 6.45) is -4.48. The van der Waals surface area contributed by atoms with Crippen LogP contribution in [-0.4, -0.2) is 40.5 Å². The van der Waals surface area contributed by atoms with Crippen LogP contribution in [0.25, 0.3) is 0 Å². The average molecular weight is 321 g/mol. The van der Waals surface area contributed by atoms with Crippen LogP contribution in [0.4, 0.5) is 23.7 Å². The van der Waals surface area contributed by atoms with Gasteiger partial charge in [0.15, 0.2) is 0 Å². The molecule has 0 bridgehead atoms. The van der Waals surface area contributed by atoms with E-state index >= 15 is 0 Å². The van der Waals surface area contributed by atoms with E-state index in [2.05, 4.69) is 5.32 Å². The Hall–Kier alpha value is -1.77. The standard InChI is InChI=1S/C12H14F3N3O2S/c13-12(14,15)8-1-2-10(9(16)7-8)21(20)6-5-18-4-3-17-11(18)19/h1-2,7H,3-6,16H2,(H,17,19). The number of nitrogen functional groups attached to an aromatic ring is 1. The molecule has 116 valence electrons. The first-order chi connectivity index (χ1) is 9.79. The maximum atomic E-state index is 12.5. The van der Waals surface area contributed by atoms with Crippen molar-refractivity contribution in [2.45, 2.75) is 11.1 Å². The molecule has 9 heteroatoms. The van der Waals surface area contributed by atoms with E-state index in [1.165, 1.54) is 4.90 Å². The third-order valence-corrected chi connectivity index (χ3v) is 4.49. The van der Waals surface area contributed by atoms with Gasteiger partial charge in [-0.3, -0.25) is 4.21 Å². The number of halogens is 3. The van der Waals surface area contributed by atoms with E-state index in [9.17, 15) is 22.2 Å². The lowest BCUT2D eigenvalue weighted by molar-refractivity contribution is -0.137. The molecule has 1 aromatic rings. The summed E-state index contributed by atoms with van der Waals surface area (Å²) in [5.74, 6) is 0.128. The van der Waals surface area contributed by atoms with Crippen LogP contribution < -0.4 is 11.1 Å². The van der Waals surface area contributed by atoms with Crippen LogP contribution >= 0.6 is 0 Å². The van der Waals surface area contributed by atoms with Gasteiger partial charge in [-0.1, -0.05) is 0 Å². The number of carbonyl (C=O) groups excluding carboxylic acids is 1. The van der Waals surface area contributed by atoms with Gasteiger partial charge in [0, 0.05) is 31.1 Å². The van der Waals surface area contributed by atoms with Gasteiger partial charge in [-0.2, -0.15) is 13.2 Å². The van der Waals surface area contributed by atoms with E-state index in [0.717, 1.165) is 18.2 Å². The van der Waals surface area contributed by atoms with Gasteiger partial charge in [-0.05, 0) is 18.2 Å². The smallest absolute Gasteiger partial charge is 0.398 e. The van der Waals surface area contributed by atoms with E-state index in [0.29, 0.717) is 13.1 Å². The maximum Gasteiger partial charge on any atom is 0.416 e. The van der Waals surface area contributed by atoms with Gasteiger partial charge in [0.05, 0.1) is 21.3 Å². The summed E-state index contributed by atoms with van der Waals surface area (Å²) in [4.78, 5) is 13.0. The van der Waals surface area contributed by atoms with Crippen molar-refractivity contribution in [2.75, 3.05) is 31.1 Å². The summed E-state index contributed by atoms with van der Waals surface area (Å²) in [7, 11) is -1.55. The second kappa shape index (κ2) is 5.92. The van der Waals surface area contributed by atoms with Crippen LogP contribution in [0.5, 0.6) is 0 Å². The Bertz CT molecular complexity index is 577. The molecule has 0 aromatic heterocycles. The normalized spacial score (nSPS) is 16.9. The molecule has 1 atom stereocenters. The topological polar surface area (TPSA) is 75.4 Å². The van der Waals surface area contributed by atoms with E-state index in [1.54, 1.807) is 0 Å². The minimum Gasteiger partial charge on any atom is -0.398 e. The highest BCUT2D eigenvalue weighted by Gasteiger charge is 2.31. The van der Waals surface area contributed by atoms with Crippen molar-refractivity contribution >= 4 is 22.5 Å². The molecule has 1 aliphatic heterocycles.